The first kappa shape index (κ1) is 14.1. The van der Waals surface area contributed by atoms with Crippen LogP contribution < -0.4 is 5.32 Å². The van der Waals surface area contributed by atoms with Crippen molar-refractivity contribution in [3.8, 4) is 0 Å². The van der Waals surface area contributed by atoms with E-state index in [9.17, 15) is 9.59 Å². The lowest BCUT2D eigenvalue weighted by atomic mass is 10.0. The number of carbonyl (C=O) groups excluding carboxylic acids is 2. The molecule has 1 aliphatic rings. The van der Waals surface area contributed by atoms with E-state index in [4.69, 9.17) is 0 Å². The summed E-state index contributed by atoms with van der Waals surface area (Å²) in [5, 5.41) is 2.91. The monoisotopic (exact) mass is 327 g/mol. The molecule has 19 heavy (non-hydrogen) atoms. The maximum atomic E-state index is 12.4. The van der Waals surface area contributed by atoms with Crippen LogP contribution in [0.3, 0.4) is 0 Å². The number of aromatic nitrogens is 1. The Kier molecular flexibility index (Phi) is 4.29. The fourth-order valence-corrected chi connectivity index (χ4v) is 2.94. The van der Waals surface area contributed by atoms with Crippen molar-refractivity contribution in [2.24, 2.45) is 7.05 Å². The number of hydrogen-bond donors (Lipinski definition) is 1. The lowest BCUT2D eigenvalue weighted by Gasteiger charge is -2.32. The highest BCUT2D eigenvalue weighted by molar-refractivity contribution is 9.10. The summed E-state index contributed by atoms with van der Waals surface area (Å²) in [6.07, 6.45) is 3.51. The maximum absolute atomic E-state index is 12.4. The Morgan fingerprint density at radius 1 is 1.37 bits per heavy atom. The second kappa shape index (κ2) is 5.77. The van der Waals surface area contributed by atoms with E-state index in [0.29, 0.717) is 18.8 Å². The second-order valence-electron chi connectivity index (χ2n) is 4.92. The molecular formula is C13H18BrN3O2. The molecule has 0 unspecified atom stereocenters. The van der Waals surface area contributed by atoms with Gasteiger partial charge in [0.2, 0.25) is 5.91 Å². The number of carbonyl (C=O) groups is 2. The molecule has 1 aromatic rings. The zero-order valence-corrected chi connectivity index (χ0v) is 12.7. The highest BCUT2D eigenvalue weighted by atomic mass is 79.9. The molecule has 1 saturated heterocycles. The number of rotatable bonds is 2. The van der Waals surface area contributed by atoms with Crippen molar-refractivity contribution in [1.29, 1.82) is 0 Å². The zero-order chi connectivity index (χ0) is 14.0. The van der Waals surface area contributed by atoms with E-state index >= 15 is 0 Å². The normalized spacial score (nSPS) is 16.5. The molecule has 2 amide bonds. The van der Waals surface area contributed by atoms with Gasteiger partial charge in [-0.25, -0.2) is 0 Å². The molecule has 1 fully saturated rings. The van der Waals surface area contributed by atoms with Gasteiger partial charge in [-0.2, -0.15) is 0 Å². The minimum absolute atomic E-state index is 0.00357. The molecule has 0 radical (unpaired) electrons. The van der Waals surface area contributed by atoms with Crippen molar-refractivity contribution in [2.45, 2.75) is 25.8 Å². The number of likely N-dealkylation sites (tertiary alicyclic amines) is 1. The summed E-state index contributed by atoms with van der Waals surface area (Å²) in [6.45, 7) is 2.90. The average Bonchev–Trinajstić information content (AvgIpc) is 2.68. The lowest BCUT2D eigenvalue weighted by molar-refractivity contribution is -0.119. The molecule has 6 heteroatoms. The van der Waals surface area contributed by atoms with Gasteiger partial charge in [-0.3, -0.25) is 9.59 Å². The molecule has 1 N–H and O–H groups in total. The predicted molar refractivity (Wildman–Crippen MR) is 75.9 cm³/mol. The summed E-state index contributed by atoms with van der Waals surface area (Å²) >= 11 is 3.37. The van der Waals surface area contributed by atoms with Gasteiger partial charge in [0.05, 0.1) is 0 Å². The fraction of sp³-hybridized carbons (Fsp3) is 0.538. The van der Waals surface area contributed by atoms with Crippen LogP contribution in [0.1, 0.15) is 30.3 Å². The molecule has 0 saturated carbocycles. The third kappa shape index (κ3) is 3.37. The summed E-state index contributed by atoms with van der Waals surface area (Å²) < 4.78 is 2.73. The Morgan fingerprint density at radius 3 is 2.47 bits per heavy atom. The van der Waals surface area contributed by atoms with Crippen LogP contribution in [-0.2, 0) is 11.8 Å². The van der Waals surface area contributed by atoms with Crippen molar-refractivity contribution in [2.75, 3.05) is 13.1 Å². The molecule has 0 spiro atoms. The van der Waals surface area contributed by atoms with Crippen molar-refractivity contribution in [1.82, 2.24) is 14.8 Å². The van der Waals surface area contributed by atoms with E-state index in [0.717, 1.165) is 17.3 Å². The van der Waals surface area contributed by atoms with Crippen LogP contribution in [0.4, 0.5) is 0 Å². The predicted octanol–water partition coefficient (Wildman–Crippen LogP) is 1.53. The Balaban J connectivity index is 1.96. The summed E-state index contributed by atoms with van der Waals surface area (Å²) in [7, 11) is 1.86. The van der Waals surface area contributed by atoms with Gasteiger partial charge >= 0.3 is 0 Å². The highest BCUT2D eigenvalue weighted by Crippen LogP contribution is 2.18. The van der Waals surface area contributed by atoms with Crippen LogP contribution in [0, 0.1) is 0 Å². The van der Waals surface area contributed by atoms with Gasteiger partial charge in [0.25, 0.3) is 5.91 Å². The number of aryl methyl sites for hydroxylation is 1. The zero-order valence-electron chi connectivity index (χ0n) is 11.1. The first-order valence-corrected chi connectivity index (χ1v) is 7.15. The maximum Gasteiger partial charge on any atom is 0.270 e. The third-order valence-corrected chi connectivity index (χ3v) is 3.81. The van der Waals surface area contributed by atoms with Gasteiger partial charge in [-0.05, 0) is 34.8 Å². The first-order chi connectivity index (χ1) is 8.97. The summed E-state index contributed by atoms with van der Waals surface area (Å²) in [4.78, 5) is 25.2. The van der Waals surface area contributed by atoms with Gasteiger partial charge in [-0.1, -0.05) is 0 Å². The van der Waals surface area contributed by atoms with Gasteiger partial charge in [-0.15, -0.1) is 0 Å². The molecule has 5 nitrogen and oxygen atoms in total. The molecular weight excluding hydrogens is 310 g/mol. The van der Waals surface area contributed by atoms with Crippen molar-refractivity contribution < 1.29 is 9.59 Å². The molecule has 2 heterocycles. The number of nitrogens with zero attached hydrogens (tertiary/aromatic N) is 2. The standard InChI is InChI=1S/C13H18BrN3O2/c1-9(18)15-11-3-5-17(6-4-11)13(19)12-7-10(14)8-16(12)2/h7-8,11H,3-6H2,1-2H3,(H,15,18). The molecule has 1 aromatic heterocycles. The topological polar surface area (TPSA) is 54.3 Å². The lowest BCUT2D eigenvalue weighted by Crippen LogP contribution is -2.46. The van der Waals surface area contributed by atoms with E-state index in [1.165, 1.54) is 6.92 Å². The minimum Gasteiger partial charge on any atom is -0.353 e. The largest absolute Gasteiger partial charge is 0.353 e. The molecule has 2 rings (SSSR count). The van der Waals surface area contributed by atoms with Crippen molar-refractivity contribution in [3.63, 3.8) is 0 Å². The van der Waals surface area contributed by atoms with E-state index < -0.39 is 0 Å². The number of nitrogens with one attached hydrogen (secondary N) is 1. The molecule has 1 aliphatic heterocycles. The third-order valence-electron chi connectivity index (χ3n) is 3.38. The summed E-state index contributed by atoms with van der Waals surface area (Å²) in [5.41, 5.74) is 0.685. The van der Waals surface area contributed by atoms with Crippen LogP contribution in [-0.4, -0.2) is 40.4 Å². The second-order valence-corrected chi connectivity index (χ2v) is 5.84. The Labute approximate surface area is 121 Å². The summed E-state index contributed by atoms with van der Waals surface area (Å²) in [5.74, 6) is 0.0469. The molecule has 0 atom stereocenters. The number of halogens is 1. The Morgan fingerprint density at radius 2 is 2.00 bits per heavy atom. The van der Waals surface area contributed by atoms with Gasteiger partial charge in [0.15, 0.2) is 0 Å². The number of hydrogen-bond acceptors (Lipinski definition) is 2. The van der Waals surface area contributed by atoms with Crippen molar-refractivity contribution in [3.05, 3.63) is 22.4 Å². The first-order valence-electron chi connectivity index (χ1n) is 6.35. The summed E-state index contributed by atoms with van der Waals surface area (Å²) in [6, 6.07) is 2.03. The van der Waals surface area contributed by atoms with Crippen LogP contribution in [0.15, 0.2) is 16.7 Å². The van der Waals surface area contributed by atoms with Crippen molar-refractivity contribution >= 4 is 27.7 Å². The van der Waals surface area contributed by atoms with E-state index in [1.54, 1.807) is 0 Å². The van der Waals surface area contributed by atoms with Crippen LogP contribution in [0.2, 0.25) is 0 Å². The smallest absolute Gasteiger partial charge is 0.270 e. The Bertz CT molecular complexity index is 490. The van der Waals surface area contributed by atoms with Crippen LogP contribution in [0.25, 0.3) is 0 Å². The highest BCUT2D eigenvalue weighted by Gasteiger charge is 2.25. The average molecular weight is 328 g/mol. The quantitative estimate of drug-likeness (QED) is 0.895. The van der Waals surface area contributed by atoms with E-state index in [1.807, 2.05) is 28.8 Å². The van der Waals surface area contributed by atoms with E-state index in [2.05, 4.69) is 21.2 Å². The molecule has 0 aromatic carbocycles. The molecule has 0 bridgehead atoms. The van der Waals surface area contributed by atoms with Crippen LogP contribution >= 0.6 is 15.9 Å². The number of amides is 2. The minimum atomic E-state index is -0.00357. The molecule has 0 aliphatic carbocycles. The van der Waals surface area contributed by atoms with Gasteiger partial charge in [0, 0.05) is 43.8 Å². The van der Waals surface area contributed by atoms with Crippen LogP contribution in [0.5, 0.6) is 0 Å². The molecule has 104 valence electrons. The Hall–Kier alpha value is -1.30. The van der Waals surface area contributed by atoms with Gasteiger partial charge in [0.1, 0.15) is 5.69 Å². The number of piperidine rings is 1. The van der Waals surface area contributed by atoms with E-state index in [-0.39, 0.29) is 17.9 Å². The fourth-order valence-electron chi connectivity index (χ4n) is 2.41. The SMILES string of the molecule is CC(=O)NC1CCN(C(=O)c2cc(Br)cn2C)CC1. The van der Waals surface area contributed by atoms with Gasteiger partial charge < -0.3 is 14.8 Å².